The fourth-order valence-electron chi connectivity index (χ4n) is 1.29. The third kappa shape index (κ3) is 9.61. The Morgan fingerprint density at radius 1 is 1.39 bits per heavy atom. The summed E-state index contributed by atoms with van der Waals surface area (Å²) in [5.74, 6) is 0.301. The smallest absolute Gasteiger partial charge is 0.134 e. The van der Waals surface area contributed by atoms with E-state index in [0.717, 1.165) is 12.8 Å². The summed E-state index contributed by atoms with van der Waals surface area (Å²) in [6.07, 6.45) is 7.26. The Hall–Kier alpha value is -0.400. The fraction of sp³-hybridized carbons (Fsp3) is 0.818. The van der Waals surface area contributed by atoms with E-state index in [9.17, 15) is 9.90 Å². The Kier molecular flexibility index (Phi) is 11.4. The summed E-state index contributed by atoms with van der Waals surface area (Å²) in [7, 11) is 0. The van der Waals surface area contributed by atoms with Crippen LogP contribution in [0.25, 0.3) is 0 Å². The second-order valence-electron chi connectivity index (χ2n) is 3.98. The SMILES string of the molecule is CSCCCCCC/C(=N\O)SC[C@H]([NH3+])C(=O)[O-]. The zero-order valence-corrected chi connectivity index (χ0v) is 12.4. The van der Waals surface area contributed by atoms with Crippen LogP contribution in [0.15, 0.2) is 5.16 Å². The minimum Gasteiger partial charge on any atom is -0.544 e. The van der Waals surface area contributed by atoms with E-state index in [0.29, 0.717) is 11.5 Å². The number of carbonyl (C=O) groups is 1. The summed E-state index contributed by atoms with van der Waals surface area (Å²) in [4.78, 5) is 10.5. The van der Waals surface area contributed by atoms with Gasteiger partial charge < -0.3 is 20.8 Å². The Morgan fingerprint density at radius 2 is 2.06 bits per heavy atom. The number of aliphatic carboxylic acids is 1. The van der Waals surface area contributed by atoms with Gasteiger partial charge in [0.25, 0.3) is 0 Å². The molecule has 7 heteroatoms. The molecular formula is C11H22N2O3S2. The second-order valence-corrected chi connectivity index (χ2v) is 6.06. The van der Waals surface area contributed by atoms with Gasteiger partial charge in [-0.15, -0.1) is 11.8 Å². The third-order valence-electron chi connectivity index (χ3n) is 2.39. The average molecular weight is 294 g/mol. The molecule has 0 aliphatic heterocycles. The molecule has 18 heavy (non-hydrogen) atoms. The first-order valence-electron chi connectivity index (χ1n) is 5.98. The number of hydrogen-bond donors (Lipinski definition) is 2. The van der Waals surface area contributed by atoms with E-state index < -0.39 is 12.0 Å². The van der Waals surface area contributed by atoms with Crippen molar-refractivity contribution >= 4 is 34.5 Å². The summed E-state index contributed by atoms with van der Waals surface area (Å²) in [6.45, 7) is 0. The van der Waals surface area contributed by atoms with E-state index >= 15 is 0 Å². The lowest BCUT2D eigenvalue weighted by Gasteiger charge is -2.09. The molecule has 0 aromatic heterocycles. The van der Waals surface area contributed by atoms with Gasteiger partial charge in [-0.05, 0) is 31.3 Å². The molecule has 0 fully saturated rings. The highest BCUT2D eigenvalue weighted by atomic mass is 32.2. The van der Waals surface area contributed by atoms with Gasteiger partial charge in [-0.2, -0.15) is 11.8 Å². The number of oxime groups is 1. The first-order chi connectivity index (χ1) is 8.61. The molecule has 106 valence electrons. The van der Waals surface area contributed by atoms with Crippen LogP contribution in [0, 0.1) is 0 Å². The Morgan fingerprint density at radius 3 is 2.61 bits per heavy atom. The van der Waals surface area contributed by atoms with Gasteiger partial charge >= 0.3 is 0 Å². The maximum Gasteiger partial charge on any atom is 0.134 e. The molecule has 0 rings (SSSR count). The van der Waals surface area contributed by atoms with Gasteiger partial charge in [0.2, 0.25) is 0 Å². The van der Waals surface area contributed by atoms with Crippen molar-refractivity contribution in [2.75, 3.05) is 17.8 Å². The molecule has 0 saturated heterocycles. The molecule has 5 nitrogen and oxygen atoms in total. The van der Waals surface area contributed by atoms with Gasteiger partial charge in [0.1, 0.15) is 11.1 Å². The molecule has 0 unspecified atom stereocenters. The van der Waals surface area contributed by atoms with E-state index in [1.54, 1.807) is 0 Å². The monoisotopic (exact) mass is 294 g/mol. The first kappa shape index (κ1) is 17.6. The van der Waals surface area contributed by atoms with Crippen molar-refractivity contribution in [1.82, 2.24) is 0 Å². The lowest BCUT2D eigenvalue weighted by atomic mass is 10.2. The maximum absolute atomic E-state index is 10.5. The normalized spacial score (nSPS) is 13.6. The molecule has 0 aliphatic carbocycles. The van der Waals surface area contributed by atoms with Gasteiger partial charge in [0.15, 0.2) is 0 Å². The lowest BCUT2D eigenvalue weighted by Crippen LogP contribution is -2.69. The molecule has 0 heterocycles. The van der Waals surface area contributed by atoms with Crippen molar-refractivity contribution in [2.45, 2.75) is 38.1 Å². The number of carboxylic acids is 1. The topological polar surface area (TPSA) is 100 Å². The number of hydrogen-bond acceptors (Lipinski definition) is 6. The predicted octanol–water partition coefficient (Wildman–Crippen LogP) is 0.181. The summed E-state index contributed by atoms with van der Waals surface area (Å²) < 4.78 is 0. The van der Waals surface area contributed by atoms with Gasteiger partial charge in [-0.25, -0.2) is 0 Å². The van der Waals surface area contributed by atoms with Crippen LogP contribution in [-0.2, 0) is 4.79 Å². The molecule has 0 radical (unpaired) electrons. The van der Waals surface area contributed by atoms with E-state index in [1.165, 1.54) is 30.4 Å². The average Bonchev–Trinajstić information content (AvgIpc) is 2.36. The van der Waals surface area contributed by atoms with Crippen LogP contribution in [0.3, 0.4) is 0 Å². The summed E-state index contributed by atoms with van der Waals surface area (Å²) in [6, 6.07) is -0.770. The number of rotatable bonds is 10. The van der Waals surface area contributed by atoms with Crippen LogP contribution in [0.2, 0.25) is 0 Å². The molecule has 0 saturated carbocycles. The zero-order valence-electron chi connectivity index (χ0n) is 10.8. The fourth-order valence-corrected chi connectivity index (χ4v) is 2.66. The molecule has 0 amide bonds. The largest absolute Gasteiger partial charge is 0.544 e. The van der Waals surface area contributed by atoms with Crippen molar-refractivity contribution in [2.24, 2.45) is 5.16 Å². The summed E-state index contributed by atoms with van der Waals surface area (Å²) >= 11 is 3.09. The Labute approximate surface area is 117 Å². The van der Waals surface area contributed by atoms with Crippen LogP contribution >= 0.6 is 23.5 Å². The van der Waals surface area contributed by atoms with Gasteiger partial charge in [0, 0.05) is 0 Å². The number of quaternary nitrogens is 1. The predicted molar refractivity (Wildman–Crippen MR) is 74.8 cm³/mol. The standard InChI is InChI=1S/C11H22N2O3S2/c1-17-7-5-3-2-4-6-10(13-16)18-8-9(12)11(14)15/h9,16H,2-8,12H2,1H3,(H,14,15)/b13-10+/t9-/m0/s1. The van der Waals surface area contributed by atoms with E-state index in [2.05, 4.69) is 17.1 Å². The molecule has 0 bridgehead atoms. The number of unbranched alkanes of at least 4 members (excludes halogenated alkanes) is 3. The van der Waals surface area contributed by atoms with Crippen LogP contribution in [0.5, 0.6) is 0 Å². The molecule has 0 aliphatic rings. The zero-order chi connectivity index (χ0) is 13.8. The number of carboxylic acid groups (broad SMARTS) is 1. The molecule has 0 aromatic carbocycles. The second kappa shape index (κ2) is 11.7. The summed E-state index contributed by atoms with van der Waals surface area (Å²) in [5, 5.41) is 23.0. The van der Waals surface area contributed by atoms with E-state index in [1.807, 2.05) is 11.8 Å². The Bertz CT molecular complexity index is 263. The summed E-state index contributed by atoms with van der Waals surface area (Å²) in [5.41, 5.74) is 3.45. The highest BCUT2D eigenvalue weighted by molar-refractivity contribution is 8.14. The van der Waals surface area contributed by atoms with Gasteiger partial charge in [-0.3, -0.25) is 0 Å². The molecule has 4 N–H and O–H groups in total. The highest BCUT2D eigenvalue weighted by Crippen LogP contribution is 2.13. The van der Waals surface area contributed by atoms with Crippen molar-refractivity contribution < 1.29 is 20.8 Å². The van der Waals surface area contributed by atoms with Crippen LogP contribution in [0.4, 0.5) is 0 Å². The van der Waals surface area contributed by atoms with E-state index in [4.69, 9.17) is 5.21 Å². The third-order valence-corrected chi connectivity index (χ3v) is 4.27. The minimum absolute atomic E-state index is 0.286. The van der Waals surface area contributed by atoms with Gasteiger partial charge in [-0.1, -0.05) is 18.0 Å². The minimum atomic E-state index is -1.17. The van der Waals surface area contributed by atoms with Gasteiger partial charge in [0.05, 0.1) is 11.7 Å². The number of carbonyl (C=O) groups excluding carboxylic acids is 1. The molecule has 0 aromatic rings. The quantitative estimate of drug-likeness (QED) is 0.197. The van der Waals surface area contributed by atoms with Crippen molar-refractivity contribution in [3.05, 3.63) is 0 Å². The maximum atomic E-state index is 10.5. The molecular weight excluding hydrogens is 272 g/mol. The molecule has 1 atom stereocenters. The van der Waals surface area contributed by atoms with Crippen LogP contribution in [-0.4, -0.2) is 40.0 Å². The van der Waals surface area contributed by atoms with E-state index in [-0.39, 0.29) is 5.75 Å². The Balaban J connectivity index is 3.63. The van der Waals surface area contributed by atoms with Crippen LogP contribution < -0.4 is 10.8 Å². The lowest BCUT2D eigenvalue weighted by molar-refractivity contribution is -0.431. The van der Waals surface area contributed by atoms with Crippen molar-refractivity contribution in [1.29, 1.82) is 0 Å². The van der Waals surface area contributed by atoms with Crippen molar-refractivity contribution in [3.8, 4) is 0 Å². The van der Waals surface area contributed by atoms with Crippen molar-refractivity contribution in [3.63, 3.8) is 0 Å². The first-order valence-corrected chi connectivity index (χ1v) is 8.36. The highest BCUT2D eigenvalue weighted by Gasteiger charge is 2.10. The number of nitrogens with zero attached hydrogens (tertiary/aromatic N) is 1. The molecule has 0 spiro atoms. The van der Waals surface area contributed by atoms with Crippen LogP contribution in [0.1, 0.15) is 32.1 Å². The number of thioether (sulfide) groups is 2.